The molecule has 3 nitrogen and oxygen atoms in total. The molecule has 2 aromatic carbocycles. The van der Waals surface area contributed by atoms with E-state index in [1.807, 2.05) is 30.0 Å². The summed E-state index contributed by atoms with van der Waals surface area (Å²) in [5.41, 5.74) is 11.1. The molecule has 1 heterocycles. The van der Waals surface area contributed by atoms with Crippen LogP contribution in [0.2, 0.25) is 0 Å². The maximum Gasteiger partial charge on any atom is 0.117 e. The predicted molar refractivity (Wildman–Crippen MR) is 86.0 cm³/mol. The van der Waals surface area contributed by atoms with Gasteiger partial charge in [-0.1, -0.05) is 17.7 Å². The molecule has 0 fully saturated rings. The quantitative estimate of drug-likeness (QED) is 0.563. The van der Waals surface area contributed by atoms with Gasteiger partial charge in [0.05, 0.1) is 16.8 Å². The molecule has 1 aromatic heterocycles. The Bertz CT molecular complexity index is 762. The smallest absolute Gasteiger partial charge is 0.117 e. The van der Waals surface area contributed by atoms with E-state index in [1.54, 1.807) is 0 Å². The number of nitrogen functional groups attached to an aromatic ring is 1. The Balaban J connectivity index is 1.81. The third-order valence-electron chi connectivity index (χ3n) is 3.26. The third kappa shape index (κ3) is 2.65. The van der Waals surface area contributed by atoms with Crippen LogP contribution in [0.1, 0.15) is 17.0 Å². The number of anilines is 1. The van der Waals surface area contributed by atoms with E-state index in [9.17, 15) is 0 Å². The van der Waals surface area contributed by atoms with Crippen LogP contribution >= 0.6 is 11.8 Å². The average molecular weight is 283 g/mol. The summed E-state index contributed by atoms with van der Waals surface area (Å²) in [6, 6.07) is 12.3. The van der Waals surface area contributed by atoms with E-state index >= 15 is 0 Å². The minimum atomic E-state index is 0.759. The van der Waals surface area contributed by atoms with Crippen molar-refractivity contribution in [1.29, 1.82) is 0 Å². The van der Waals surface area contributed by atoms with Gasteiger partial charge < -0.3 is 10.7 Å². The standard InChI is InChI=1S/C16H17N3S/c1-10-3-4-11(2)15(7-10)20-9-16-18-13-6-5-12(17)8-14(13)19-16/h3-8H,9,17H2,1-2H3,(H,18,19). The van der Waals surface area contributed by atoms with Crippen molar-refractivity contribution in [3.05, 3.63) is 53.3 Å². The van der Waals surface area contributed by atoms with Crippen LogP contribution in [0.15, 0.2) is 41.3 Å². The Morgan fingerprint density at radius 3 is 2.85 bits per heavy atom. The van der Waals surface area contributed by atoms with Crippen molar-refractivity contribution >= 4 is 28.5 Å². The lowest BCUT2D eigenvalue weighted by molar-refractivity contribution is 1.13. The normalized spacial score (nSPS) is 11.1. The van der Waals surface area contributed by atoms with Gasteiger partial charge in [0.2, 0.25) is 0 Å². The van der Waals surface area contributed by atoms with Crippen molar-refractivity contribution in [3.8, 4) is 0 Å². The van der Waals surface area contributed by atoms with E-state index in [0.29, 0.717) is 0 Å². The second-order valence-corrected chi connectivity index (χ2v) is 6.03. The van der Waals surface area contributed by atoms with Gasteiger partial charge >= 0.3 is 0 Å². The minimum absolute atomic E-state index is 0.759. The Morgan fingerprint density at radius 2 is 2.00 bits per heavy atom. The fraction of sp³-hybridized carbons (Fsp3) is 0.188. The van der Waals surface area contributed by atoms with Gasteiger partial charge in [-0.3, -0.25) is 0 Å². The summed E-state index contributed by atoms with van der Waals surface area (Å²) in [6.45, 7) is 4.26. The van der Waals surface area contributed by atoms with Gasteiger partial charge in [-0.05, 0) is 43.7 Å². The maximum atomic E-state index is 5.78. The van der Waals surface area contributed by atoms with Crippen LogP contribution in [0.25, 0.3) is 11.0 Å². The molecule has 0 aliphatic rings. The molecule has 0 bridgehead atoms. The number of aryl methyl sites for hydroxylation is 2. The van der Waals surface area contributed by atoms with Crippen molar-refractivity contribution in [1.82, 2.24) is 9.97 Å². The van der Waals surface area contributed by atoms with E-state index < -0.39 is 0 Å². The number of aromatic nitrogens is 2. The first-order valence-electron chi connectivity index (χ1n) is 6.56. The van der Waals surface area contributed by atoms with E-state index in [4.69, 9.17) is 5.73 Å². The van der Waals surface area contributed by atoms with Crippen molar-refractivity contribution in [2.75, 3.05) is 5.73 Å². The van der Waals surface area contributed by atoms with Crippen LogP contribution in [0, 0.1) is 13.8 Å². The zero-order chi connectivity index (χ0) is 14.1. The lowest BCUT2D eigenvalue weighted by Crippen LogP contribution is -1.86. The predicted octanol–water partition coefficient (Wildman–Crippen LogP) is 4.05. The van der Waals surface area contributed by atoms with Crippen LogP contribution in [0.5, 0.6) is 0 Å². The van der Waals surface area contributed by atoms with E-state index in [-0.39, 0.29) is 0 Å². The van der Waals surface area contributed by atoms with Gasteiger partial charge in [0, 0.05) is 10.6 Å². The van der Waals surface area contributed by atoms with Gasteiger partial charge in [0.25, 0.3) is 0 Å². The van der Waals surface area contributed by atoms with Crippen LogP contribution in [-0.2, 0) is 5.75 Å². The largest absolute Gasteiger partial charge is 0.399 e. The number of imidazole rings is 1. The molecule has 3 rings (SSSR count). The first-order valence-corrected chi connectivity index (χ1v) is 7.54. The van der Waals surface area contributed by atoms with Crippen LogP contribution in [-0.4, -0.2) is 9.97 Å². The molecule has 0 saturated heterocycles. The highest BCUT2D eigenvalue weighted by molar-refractivity contribution is 7.98. The van der Waals surface area contributed by atoms with Crippen molar-refractivity contribution in [2.45, 2.75) is 24.5 Å². The van der Waals surface area contributed by atoms with Gasteiger partial charge in [-0.15, -0.1) is 11.8 Å². The molecular formula is C16H17N3S. The molecule has 0 saturated carbocycles. The van der Waals surface area contributed by atoms with Crippen LogP contribution in [0.3, 0.4) is 0 Å². The number of nitrogens with zero attached hydrogens (tertiary/aromatic N) is 1. The number of hydrogen-bond acceptors (Lipinski definition) is 3. The first kappa shape index (κ1) is 13.1. The summed E-state index contributed by atoms with van der Waals surface area (Å²) in [6.07, 6.45) is 0. The summed E-state index contributed by atoms with van der Waals surface area (Å²) >= 11 is 1.81. The molecule has 3 N–H and O–H groups in total. The van der Waals surface area contributed by atoms with Crippen LogP contribution in [0.4, 0.5) is 5.69 Å². The topological polar surface area (TPSA) is 54.7 Å². The number of rotatable bonds is 3. The first-order chi connectivity index (χ1) is 9.61. The number of nitrogens with two attached hydrogens (primary N) is 1. The fourth-order valence-corrected chi connectivity index (χ4v) is 3.15. The number of nitrogens with one attached hydrogen (secondary N) is 1. The Morgan fingerprint density at radius 1 is 1.15 bits per heavy atom. The number of benzene rings is 2. The second kappa shape index (κ2) is 5.21. The minimum Gasteiger partial charge on any atom is -0.399 e. The monoisotopic (exact) mass is 283 g/mol. The number of hydrogen-bond donors (Lipinski definition) is 2. The fourth-order valence-electron chi connectivity index (χ4n) is 2.16. The highest BCUT2D eigenvalue weighted by atomic mass is 32.2. The van der Waals surface area contributed by atoms with Gasteiger partial charge in [-0.25, -0.2) is 4.98 Å². The van der Waals surface area contributed by atoms with Crippen molar-refractivity contribution in [2.24, 2.45) is 0 Å². The lowest BCUT2D eigenvalue weighted by Gasteiger charge is -2.05. The van der Waals surface area contributed by atoms with E-state index in [0.717, 1.165) is 28.3 Å². The molecule has 0 amide bonds. The van der Waals surface area contributed by atoms with Crippen molar-refractivity contribution in [3.63, 3.8) is 0 Å². The summed E-state index contributed by atoms with van der Waals surface area (Å²) in [4.78, 5) is 9.23. The number of fused-ring (bicyclic) bond motifs is 1. The van der Waals surface area contributed by atoms with E-state index in [1.165, 1.54) is 16.0 Å². The average Bonchev–Trinajstić information content (AvgIpc) is 2.81. The molecule has 0 aliphatic carbocycles. The number of H-pyrrole nitrogens is 1. The number of thioether (sulfide) groups is 1. The third-order valence-corrected chi connectivity index (χ3v) is 4.43. The van der Waals surface area contributed by atoms with Gasteiger partial charge in [0.1, 0.15) is 5.82 Å². The summed E-state index contributed by atoms with van der Waals surface area (Å²) in [7, 11) is 0. The lowest BCUT2D eigenvalue weighted by atomic mass is 10.2. The summed E-state index contributed by atoms with van der Waals surface area (Å²) in [5.74, 6) is 1.82. The molecule has 4 heteroatoms. The van der Waals surface area contributed by atoms with Crippen LogP contribution < -0.4 is 5.73 Å². The molecule has 102 valence electrons. The summed E-state index contributed by atoms with van der Waals surface area (Å²) in [5, 5.41) is 0. The Kier molecular flexibility index (Phi) is 3.40. The van der Waals surface area contributed by atoms with Crippen molar-refractivity contribution < 1.29 is 0 Å². The molecule has 0 atom stereocenters. The highest BCUT2D eigenvalue weighted by Gasteiger charge is 2.05. The zero-order valence-electron chi connectivity index (χ0n) is 11.6. The molecule has 0 unspecified atom stereocenters. The summed E-state index contributed by atoms with van der Waals surface area (Å²) < 4.78 is 0. The Hall–Kier alpha value is -1.94. The van der Waals surface area contributed by atoms with E-state index in [2.05, 4.69) is 42.0 Å². The highest BCUT2D eigenvalue weighted by Crippen LogP contribution is 2.27. The molecule has 0 radical (unpaired) electrons. The van der Waals surface area contributed by atoms with Gasteiger partial charge in [0.15, 0.2) is 0 Å². The molecule has 0 aliphatic heterocycles. The maximum absolute atomic E-state index is 5.78. The van der Waals surface area contributed by atoms with Gasteiger partial charge in [-0.2, -0.15) is 0 Å². The zero-order valence-corrected chi connectivity index (χ0v) is 12.4. The molecule has 0 spiro atoms. The molecular weight excluding hydrogens is 266 g/mol. The SMILES string of the molecule is Cc1ccc(C)c(SCc2nc3ccc(N)cc3[nH]2)c1. The molecule has 20 heavy (non-hydrogen) atoms. The number of aromatic amines is 1. The molecule has 3 aromatic rings. The second-order valence-electron chi connectivity index (χ2n) is 5.02. The Labute approximate surface area is 122 Å².